The molecule has 5 amide bonds. The minimum absolute atomic E-state index is 0.0640. The highest BCUT2D eigenvalue weighted by atomic mass is 32.1. The maximum absolute atomic E-state index is 14.0. The van der Waals surface area contributed by atoms with Crippen LogP contribution in [0.4, 0.5) is 5.69 Å². The van der Waals surface area contributed by atoms with Crippen LogP contribution in [-0.4, -0.2) is 75.9 Å². The van der Waals surface area contributed by atoms with Gasteiger partial charge in [0.2, 0.25) is 29.5 Å². The molecule has 4 aromatic rings. The number of anilines is 1. The monoisotopic (exact) mass is 753 g/mol. The molecule has 54 heavy (non-hydrogen) atoms. The molecule has 0 radical (unpaired) electrons. The summed E-state index contributed by atoms with van der Waals surface area (Å²) in [6.07, 6.45) is -1.58. The highest BCUT2D eigenvalue weighted by Gasteiger charge is 2.33. The van der Waals surface area contributed by atoms with E-state index in [-0.39, 0.29) is 32.1 Å². The summed E-state index contributed by atoms with van der Waals surface area (Å²) in [5.74, 6) is -6.62. The van der Waals surface area contributed by atoms with E-state index < -0.39 is 72.1 Å². The molecule has 0 aliphatic carbocycles. The second-order valence-corrected chi connectivity index (χ2v) is 13.8. The van der Waals surface area contributed by atoms with Crippen LogP contribution in [0, 0.1) is 0 Å². The number of thiophene rings is 1. The second-order valence-electron chi connectivity index (χ2n) is 12.7. The zero-order valence-electron chi connectivity index (χ0n) is 29.0. The molecule has 2 bridgehead atoms. The summed E-state index contributed by atoms with van der Waals surface area (Å²) >= 11 is 1.35. The van der Waals surface area contributed by atoms with Gasteiger partial charge in [-0.15, -0.1) is 11.3 Å². The van der Waals surface area contributed by atoms with Gasteiger partial charge in [0.05, 0.1) is 6.42 Å². The first-order valence-electron chi connectivity index (χ1n) is 17.1. The molecular formula is C39H39N5O9S. The Bertz CT molecular complexity index is 1970. The lowest BCUT2D eigenvalue weighted by Crippen LogP contribution is -2.59. The molecule has 15 heteroatoms. The molecule has 2 aliphatic rings. The standard InChI is InChI=1S/C39H39N5O9S/c45-33-16-17-34(46)41-30(21-28-7-4-18-54-28)37(50)42-29(19-23-8-12-26(13-9-23)25-5-2-1-3-6-25)36(49)43-31(22-35(47)48)38(51)44-32(39(52)53)20-24-10-14-27(40-33)15-11-24/h1-15,18,29-32H,16-17,19-22H2,(H,40,45)(H,41,46)(H,42,50)(H,43,49)(H,44,51)(H,47,48)(H,52,53)/t29-,30+,31+,32-/m0/s1. The van der Waals surface area contributed by atoms with Crippen LogP contribution < -0.4 is 26.6 Å². The molecule has 6 rings (SSSR count). The zero-order valence-corrected chi connectivity index (χ0v) is 29.8. The molecule has 7 N–H and O–H groups in total. The van der Waals surface area contributed by atoms with Crippen molar-refractivity contribution >= 4 is 58.5 Å². The maximum atomic E-state index is 14.0. The normalized spacial score (nSPS) is 20.3. The number of carboxylic acid groups (broad SMARTS) is 2. The van der Waals surface area contributed by atoms with E-state index in [4.69, 9.17) is 0 Å². The van der Waals surface area contributed by atoms with Crippen molar-refractivity contribution in [1.82, 2.24) is 21.3 Å². The molecule has 2 aliphatic heterocycles. The summed E-state index contributed by atoms with van der Waals surface area (Å²) in [6.45, 7) is 0. The van der Waals surface area contributed by atoms with Gasteiger partial charge in [-0.25, -0.2) is 4.79 Å². The molecule has 0 saturated heterocycles. The molecule has 1 aromatic heterocycles. The first-order valence-corrected chi connectivity index (χ1v) is 18.0. The molecule has 4 atom stereocenters. The summed E-state index contributed by atoms with van der Waals surface area (Å²) in [6, 6.07) is 20.7. The van der Waals surface area contributed by atoms with Crippen molar-refractivity contribution in [3.8, 4) is 11.1 Å². The third kappa shape index (κ3) is 11.3. The number of carbonyl (C=O) groups is 7. The Morgan fingerprint density at radius 1 is 0.630 bits per heavy atom. The smallest absolute Gasteiger partial charge is 0.326 e. The average Bonchev–Trinajstić information content (AvgIpc) is 3.67. The Morgan fingerprint density at radius 3 is 1.87 bits per heavy atom. The van der Waals surface area contributed by atoms with Crippen LogP contribution in [0.3, 0.4) is 0 Å². The fraction of sp³-hybridized carbons (Fsp3) is 0.256. The molecule has 14 nitrogen and oxygen atoms in total. The van der Waals surface area contributed by atoms with Crippen LogP contribution in [0.15, 0.2) is 96.4 Å². The van der Waals surface area contributed by atoms with Gasteiger partial charge in [-0.2, -0.15) is 0 Å². The minimum atomic E-state index is -1.72. The van der Waals surface area contributed by atoms with Crippen molar-refractivity contribution in [3.05, 3.63) is 112 Å². The highest BCUT2D eigenvalue weighted by Crippen LogP contribution is 2.20. The number of hydrogen-bond donors (Lipinski definition) is 7. The van der Waals surface area contributed by atoms with E-state index in [1.807, 2.05) is 42.5 Å². The van der Waals surface area contributed by atoms with Crippen LogP contribution >= 0.6 is 11.3 Å². The number of benzene rings is 3. The summed E-state index contributed by atoms with van der Waals surface area (Å²) in [5.41, 5.74) is 3.32. The number of aliphatic carboxylic acids is 2. The lowest BCUT2D eigenvalue weighted by atomic mass is 9.99. The largest absolute Gasteiger partial charge is 0.481 e. The lowest BCUT2D eigenvalue weighted by molar-refractivity contribution is -0.143. The van der Waals surface area contributed by atoms with Gasteiger partial charge >= 0.3 is 11.9 Å². The second kappa shape index (κ2) is 18.4. The molecule has 3 heterocycles. The molecule has 3 aromatic carbocycles. The van der Waals surface area contributed by atoms with Crippen molar-refractivity contribution in [2.45, 2.75) is 62.7 Å². The van der Waals surface area contributed by atoms with Gasteiger partial charge in [0.1, 0.15) is 24.2 Å². The predicted molar refractivity (Wildman–Crippen MR) is 199 cm³/mol. The van der Waals surface area contributed by atoms with Crippen LogP contribution in [-0.2, 0) is 52.8 Å². The van der Waals surface area contributed by atoms with Crippen molar-refractivity contribution in [2.75, 3.05) is 5.32 Å². The van der Waals surface area contributed by atoms with Crippen molar-refractivity contribution in [1.29, 1.82) is 0 Å². The third-order valence-electron chi connectivity index (χ3n) is 8.65. The van der Waals surface area contributed by atoms with Gasteiger partial charge in [0.15, 0.2) is 0 Å². The van der Waals surface area contributed by atoms with Crippen LogP contribution in [0.2, 0.25) is 0 Å². The van der Waals surface area contributed by atoms with Gasteiger partial charge in [-0.3, -0.25) is 28.8 Å². The van der Waals surface area contributed by atoms with Crippen molar-refractivity contribution in [3.63, 3.8) is 0 Å². The summed E-state index contributed by atoms with van der Waals surface area (Å²) in [4.78, 5) is 92.0. The Balaban J connectivity index is 1.47. The quantitative estimate of drug-likeness (QED) is 0.131. The molecular weight excluding hydrogens is 715 g/mol. The van der Waals surface area contributed by atoms with Gasteiger partial charge in [0, 0.05) is 42.7 Å². The zero-order chi connectivity index (χ0) is 38.6. The number of carboxylic acids is 2. The van der Waals surface area contributed by atoms with Gasteiger partial charge in [-0.05, 0) is 45.8 Å². The maximum Gasteiger partial charge on any atom is 0.326 e. The Morgan fingerprint density at radius 2 is 1.24 bits per heavy atom. The van der Waals surface area contributed by atoms with E-state index in [2.05, 4.69) is 26.6 Å². The van der Waals surface area contributed by atoms with Crippen LogP contribution in [0.1, 0.15) is 35.3 Å². The minimum Gasteiger partial charge on any atom is -0.481 e. The predicted octanol–water partition coefficient (Wildman–Crippen LogP) is 2.67. The van der Waals surface area contributed by atoms with E-state index in [0.717, 1.165) is 16.0 Å². The molecule has 0 spiro atoms. The van der Waals surface area contributed by atoms with E-state index in [0.29, 0.717) is 16.8 Å². The van der Waals surface area contributed by atoms with Gasteiger partial charge < -0.3 is 36.8 Å². The topological polar surface area (TPSA) is 220 Å². The van der Waals surface area contributed by atoms with E-state index in [1.165, 1.54) is 23.5 Å². The van der Waals surface area contributed by atoms with Gasteiger partial charge in [-0.1, -0.05) is 72.8 Å². The Hall–Kier alpha value is -6.35. The average molecular weight is 754 g/mol. The Kier molecular flexibility index (Phi) is 13.3. The number of hydrogen-bond acceptors (Lipinski definition) is 8. The summed E-state index contributed by atoms with van der Waals surface area (Å²) in [5, 5.41) is 34.2. The molecule has 0 fully saturated rings. The fourth-order valence-electron chi connectivity index (χ4n) is 5.83. The molecule has 280 valence electrons. The van der Waals surface area contributed by atoms with Crippen molar-refractivity contribution in [2.24, 2.45) is 0 Å². The molecule has 0 saturated carbocycles. The van der Waals surface area contributed by atoms with E-state index in [9.17, 15) is 43.8 Å². The van der Waals surface area contributed by atoms with Gasteiger partial charge in [0.25, 0.3) is 0 Å². The van der Waals surface area contributed by atoms with Crippen LogP contribution in [0.25, 0.3) is 11.1 Å². The molecule has 0 unspecified atom stereocenters. The van der Waals surface area contributed by atoms with Crippen LogP contribution in [0.5, 0.6) is 0 Å². The third-order valence-corrected chi connectivity index (χ3v) is 9.55. The number of rotatable bonds is 8. The van der Waals surface area contributed by atoms with E-state index >= 15 is 0 Å². The highest BCUT2D eigenvalue weighted by molar-refractivity contribution is 7.09. The SMILES string of the molecule is O=C(O)C[C@H]1NC(=O)[C@H](Cc2ccc(-c3ccccc3)cc2)NC(=O)[C@@H](Cc2cccs2)NC(=O)CCC(=O)Nc2ccc(cc2)C[C@@H](C(=O)O)NC1=O. The van der Waals surface area contributed by atoms with Crippen molar-refractivity contribution < 1.29 is 43.8 Å². The Labute approximate surface area is 314 Å². The first-order chi connectivity index (χ1) is 25.9. The lowest BCUT2D eigenvalue weighted by Gasteiger charge is -2.26. The number of fused-ring (bicyclic) bond motifs is 18. The first kappa shape index (κ1) is 38.9. The fourth-order valence-corrected chi connectivity index (χ4v) is 6.58. The van der Waals surface area contributed by atoms with E-state index in [1.54, 1.807) is 41.8 Å². The number of nitrogens with one attached hydrogen (secondary N) is 5. The summed E-state index contributed by atoms with van der Waals surface area (Å²) < 4.78 is 0. The number of carbonyl (C=O) groups excluding carboxylic acids is 5. The summed E-state index contributed by atoms with van der Waals surface area (Å²) in [7, 11) is 0. The number of amides is 5.